The van der Waals surface area contributed by atoms with Crippen molar-refractivity contribution in [3.05, 3.63) is 12.1 Å². The monoisotopic (exact) mass is 264 g/mol. The van der Waals surface area contributed by atoms with Crippen LogP contribution in [0.2, 0.25) is 0 Å². The molecule has 1 aliphatic rings. The van der Waals surface area contributed by atoms with Crippen molar-refractivity contribution in [2.24, 2.45) is 0 Å². The number of hydrogen-bond acceptors (Lipinski definition) is 5. The zero-order chi connectivity index (χ0) is 12.5. The molecule has 0 aliphatic carbocycles. The molecule has 2 heterocycles. The lowest BCUT2D eigenvalue weighted by atomic mass is 10.3. The summed E-state index contributed by atoms with van der Waals surface area (Å²) in [6, 6.07) is 3.75. The second-order valence-electron chi connectivity index (χ2n) is 3.88. The zero-order valence-corrected chi connectivity index (χ0v) is 10.7. The number of amides is 1. The highest BCUT2D eigenvalue weighted by Crippen LogP contribution is 2.37. The average Bonchev–Trinajstić information content (AvgIpc) is 2.76. The Morgan fingerprint density at radius 2 is 2.11 bits per heavy atom. The van der Waals surface area contributed by atoms with E-state index in [2.05, 4.69) is 10.3 Å². The van der Waals surface area contributed by atoms with E-state index in [-0.39, 0.29) is 5.91 Å². The third kappa shape index (κ3) is 1.99. The van der Waals surface area contributed by atoms with Crippen LogP contribution < -0.4 is 14.8 Å². The molecule has 1 N–H and O–H groups in total. The Balaban J connectivity index is 1.98. The predicted molar refractivity (Wildman–Crippen MR) is 69.5 cm³/mol. The number of hydrogen-bond donors (Lipinski definition) is 1. The maximum absolute atomic E-state index is 11.3. The van der Waals surface area contributed by atoms with Crippen LogP contribution in [-0.2, 0) is 4.79 Å². The summed E-state index contributed by atoms with van der Waals surface area (Å²) in [5.41, 5.74) is 0.815. The average molecular weight is 264 g/mol. The number of carbonyl (C=O) groups excluding carboxylic acids is 1. The molecule has 0 spiro atoms. The van der Waals surface area contributed by atoms with Gasteiger partial charge in [0.2, 0.25) is 5.91 Å². The van der Waals surface area contributed by atoms with Crippen LogP contribution in [0, 0.1) is 0 Å². The maximum atomic E-state index is 11.3. The Labute approximate surface area is 108 Å². The third-order valence-electron chi connectivity index (χ3n) is 2.62. The van der Waals surface area contributed by atoms with Crippen LogP contribution in [-0.4, -0.2) is 24.1 Å². The summed E-state index contributed by atoms with van der Waals surface area (Å²) in [4.78, 5) is 15.7. The molecular formula is C12H12N2O3S. The van der Waals surface area contributed by atoms with Crippen molar-refractivity contribution < 1.29 is 14.3 Å². The van der Waals surface area contributed by atoms with Gasteiger partial charge in [0, 0.05) is 18.6 Å². The molecule has 0 atom stereocenters. The number of carbonyl (C=O) groups is 1. The molecule has 5 nitrogen and oxygen atoms in total. The smallest absolute Gasteiger partial charge is 0.225 e. The fourth-order valence-electron chi connectivity index (χ4n) is 1.73. The molecule has 0 saturated carbocycles. The first kappa shape index (κ1) is 11.3. The molecule has 0 fully saturated rings. The number of rotatable bonds is 2. The highest BCUT2D eigenvalue weighted by molar-refractivity contribution is 7.22. The molecule has 0 unspecified atom stereocenters. The van der Waals surface area contributed by atoms with Crippen LogP contribution in [0.4, 0.5) is 5.13 Å². The highest BCUT2D eigenvalue weighted by Gasteiger charge is 2.15. The van der Waals surface area contributed by atoms with E-state index >= 15 is 0 Å². The SMILES string of the molecule is CCC(=O)Nc1nc2cc3c(cc2s1)OCCO3. The largest absolute Gasteiger partial charge is 0.486 e. The molecular weight excluding hydrogens is 252 g/mol. The van der Waals surface area contributed by atoms with Gasteiger partial charge in [0.05, 0.1) is 10.2 Å². The van der Waals surface area contributed by atoms with Crippen LogP contribution >= 0.6 is 11.3 Å². The van der Waals surface area contributed by atoms with E-state index in [1.165, 1.54) is 11.3 Å². The molecule has 6 heteroatoms. The molecule has 94 valence electrons. The van der Waals surface area contributed by atoms with Crippen LogP contribution in [0.3, 0.4) is 0 Å². The summed E-state index contributed by atoms with van der Waals surface area (Å²) in [7, 11) is 0. The van der Waals surface area contributed by atoms with Crippen molar-refractivity contribution in [1.82, 2.24) is 4.98 Å². The van der Waals surface area contributed by atoms with Crippen LogP contribution in [0.1, 0.15) is 13.3 Å². The van der Waals surface area contributed by atoms with Gasteiger partial charge in [-0.1, -0.05) is 18.3 Å². The Morgan fingerprint density at radius 3 is 2.83 bits per heavy atom. The summed E-state index contributed by atoms with van der Waals surface area (Å²) in [6.45, 7) is 2.93. The van der Waals surface area contributed by atoms with Crippen LogP contribution in [0.25, 0.3) is 10.2 Å². The van der Waals surface area contributed by atoms with Gasteiger partial charge in [0.15, 0.2) is 16.6 Å². The first-order chi connectivity index (χ1) is 8.76. The van der Waals surface area contributed by atoms with Crippen molar-refractivity contribution >= 4 is 32.6 Å². The summed E-state index contributed by atoms with van der Waals surface area (Å²) in [5, 5.41) is 3.37. The number of nitrogens with one attached hydrogen (secondary N) is 1. The van der Waals surface area contributed by atoms with Crippen molar-refractivity contribution in [2.75, 3.05) is 18.5 Å². The molecule has 1 aromatic heterocycles. The normalized spacial score (nSPS) is 13.6. The number of fused-ring (bicyclic) bond motifs is 2. The summed E-state index contributed by atoms with van der Waals surface area (Å²) < 4.78 is 12.0. The van der Waals surface area contributed by atoms with Gasteiger partial charge in [-0.15, -0.1) is 0 Å². The minimum atomic E-state index is -0.0358. The molecule has 1 aliphatic heterocycles. The van der Waals surface area contributed by atoms with Crippen LogP contribution in [0.15, 0.2) is 12.1 Å². The quantitative estimate of drug-likeness (QED) is 0.905. The highest BCUT2D eigenvalue weighted by atomic mass is 32.1. The topological polar surface area (TPSA) is 60.5 Å². The van der Waals surface area contributed by atoms with Crippen LogP contribution in [0.5, 0.6) is 11.5 Å². The van der Waals surface area contributed by atoms with Gasteiger partial charge in [-0.2, -0.15) is 0 Å². The van der Waals surface area contributed by atoms with Crippen molar-refractivity contribution in [3.8, 4) is 11.5 Å². The minimum absolute atomic E-state index is 0.0358. The first-order valence-corrected chi connectivity index (χ1v) is 6.58. The van der Waals surface area contributed by atoms with E-state index < -0.39 is 0 Å². The Bertz CT molecular complexity index is 566. The third-order valence-corrected chi connectivity index (χ3v) is 3.55. The van der Waals surface area contributed by atoms with Gasteiger partial charge in [0.25, 0.3) is 0 Å². The number of ether oxygens (including phenoxy) is 2. The molecule has 0 radical (unpaired) electrons. The Morgan fingerprint density at radius 1 is 1.39 bits per heavy atom. The number of nitrogens with zero attached hydrogens (tertiary/aromatic N) is 1. The first-order valence-electron chi connectivity index (χ1n) is 5.76. The van der Waals surface area contributed by atoms with E-state index in [9.17, 15) is 4.79 Å². The molecule has 18 heavy (non-hydrogen) atoms. The number of anilines is 1. The number of benzene rings is 1. The second kappa shape index (κ2) is 4.45. The summed E-state index contributed by atoms with van der Waals surface area (Å²) >= 11 is 1.44. The van der Waals surface area contributed by atoms with Gasteiger partial charge in [-0.05, 0) is 0 Å². The second-order valence-corrected chi connectivity index (χ2v) is 4.91. The van der Waals surface area contributed by atoms with Gasteiger partial charge in [-0.25, -0.2) is 4.98 Å². The van der Waals surface area contributed by atoms with Crippen molar-refractivity contribution in [3.63, 3.8) is 0 Å². The van der Waals surface area contributed by atoms with Crippen molar-refractivity contribution in [2.45, 2.75) is 13.3 Å². The minimum Gasteiger partial charge on any atom is -0.486 e. The lowest BCUT2D eigenvalue weighted by Gasteiger charge is -2.17. The van der Waals surface area contributed by atoms with E-state index in [0.717, 1.165) is 16.0 Å². The maximum Gasteiger partial charge on any atom is 0.225 e. The standard InChI is InChI=1S/C12H12N2O3S/c1-2-11(15)14-12-13-7-5-8-9(6-10(7)18-12)17-4-3-16-8/h5-6H,2-4H2,1H3,(H,13,14,15). The van der Waals surface area contributed by atoms with Gasteiger partial charge in [-0.3, -0.25) is 4.79 Å². The fraction of sp³-hybridized carbons (Fsp3) is 0.333. The molecule has 2 aromatic rings. The Kier molecular flexibility index (Phi) is 2.79. The van der Waals surface area contributed by atoms with Gasteiger partial charge >= 0.3 is 0 Å². The molecule has 0 saturated heterocycles. The zero-order valence-electron chi connectivity index (χ0n) is 9.86. The summed E-state index contributed by atoms with van der Waals surface area (Å²) in [6.07, 6.45) is 0.443. The molecule has 1 aromatic carbocycles. The lowest BCUT2D eigenvalue weighted by molar-refractivity contribution is -0.115. The van der Waals surface area contributed by atoms with E-state index in [1.807, 2.05) is 19.1 Å². The number of aromatic nitrogens is 1. The lowest BCUT2D eigenvalue weighted by Crippen LogP contribution is -2.15. The number of thiazole rings is 1. The van der Waals surface area contributed by atoms with E-state index in [4.69, 9.17) is 9.47 Å². The van der Waals surface area contributed by atoms with Gasteiger partial charge in [0.1, 0.15) is 13.2 Å². The van der Waals surface area contributed by atoms with Gasteiger partial charge < -0.3 is 14.8 Å². The van der Waals surface area contributed by atoms with E-state index in [0.29, 0.717) is 30.5 Å². The van der Waals surface area contributed by atoms with E-state index in [1.54, 1.807) is 0 Å². The molecule has 1 amide bonds. The molecule has 3 rings (SSSR count). The fourth-order valence-corrected chi connectivity index (χ4v) is 2.62. The Hall–Kier alpha value is -1.82. The summed E-state index contributed by atoms with van der Waals surface area (Å²) in [5.74, 6) is 1.42. The van der Waals surface area contributed by atoms with Crippen molar-refractivity contribution in [1.29, 1.82) is 0 Å². The molecule has 0 bridgehead atoms. The predicted octanol–water partition coefficient (Wildman–Crippen LogP) is 2.42.